The minimum absolute atomic E-state index is 0.272. The van der Waals surface area contributed by atoms with Gasteiger partial charge in [-0.05, 0) is 52.4 Å². The van der Waals surface area contributed by atoms with Crippen LogP contribution in [0.3, 0.4) is 0 Å². The lowest BCUT2D eigenvalue weighted by Gasteiger charge is -2.15. The zero-order valence-electron chi connectivity index (χ0n) is 8.83. The van der Waals surface area contributed by atoms with Crippen molar-refractivity contribution in [1.82, 2.24) is 0 Å². The van der Waals surface area contributed by atoms with Gasteiger partial charge in [0.2, 0.25) is 0 Å². The molecular weight excluding hydrogens is 396 g/mol. The third kappa shape index (κ3) is 2.86. The highest BCUT2D eigenvalue weighted by molar-refractivity contribution is 14.1. The van der Waals surface area contributed by atoms with Crippen LogP contribution in [0.5, 0.6) is 0 Å². The summed E-state index contributed by atoms with van der Waals surface area (Å²) in [4.78, 5) is 0. The van der Waals surface area contributed by atoms with Crippen molar-refractivity contribution in [3.05, 3.63) is 67.5 Å². The maximum absolute atomic E-state index is 13.7. The quantitative estimate of drug-likeness (QED) is 0.743. The van der Waals surface area contributed by atoms with Gasteiger partial charge in [0, 0.05) is 13.6 Å². The smallest absolute Gasteiger partial charge is 0.128 e. The molecule has 88 valence electrons. The number of halogens is 3. The molecule has 0 saturated carbocycles. The van der Waals surface area contributed by atoms with Gasteiger partial charge in [0.1, 0.15) is 5.82 Å². The second-order valence-electron chi connectivity index (χ2n) is 3.67. The second-order valence-corrected chi connectivity index (χ2v) is 5.76. The second kappa shape index (κ2) is 5.46. The van der Waals surface area contributed by atoms with Crippen LogP contribution in [0.1, 0.15) is 17.2 Å². The Morgan fingerprint density at radius 2 is 1.82 bits per heavy atom. The monoisotopic (exact) mass is 405 g/mol. The standard InChI is InChI=1S/C13H10BrFIN/c14-11-6-5-8(16)7-10(11)13(17)9-3-1-2-4-12(9)15/h1-7,13H,17H2. The highest BCUT2D eigenvalue weighted by Gasteiger charge is 2.15. The zero-order chi connectivity index (χ0) is 12.4. The van der Waals surface area contributed by atoms with E-state index in [0.29, 0.717) is 5.56 Å². The van der Waals surface area contributed by atoms with E-state index in [1.54, 1.807) is 18.2 Å². The molecule has 0 spiro atoms. The van der Waals surface area contributed by atoms with Gasteiger partial charge in [0.25, 0.3) is 0 Å². The summed E-state index contributed by atoms with van der Waals surface area (Å²) in [5.41, 5.74) is 7.51. The Kier molecular flexibility index (Phi) is 4.17. The van der Waals surface area contributed by atoms with Crippen molar-refractivity contribution in [2.75, 3.05) is 0 Å². The maximum atomic E-state index is 13.7. The molecule has 0 aliphatic heterocycles. The third-order valence-electron chi connectivity index (χ3n) is 2.53. The molecule has 1 nitrogen and oxygen atoms in total. The average molecular weight is 406 g/mol. The first-order chi connectivity index (χ1) is 8.09. The van der Waals surface area contributed by atoms with Crippen LogP contribution >= 0.6 is 38.5 Å². The largest absolute Gasteiger partial charge is 0.320 e. The number of hydrogen-bond donors (Lipinski definition) is 1. The van der Waals surface area contributed by atoms with Crippen LogP contribution in [-0.4, -0.2) is 0 Å². The predicted octanol–water partition coefficient (Wildman–Crippen LogP) is 4.24. The fourth-order valence-electron chi connectivity index (χ4n) is 1.65. The molecule has 1 atom stereocenters. The first-order valence-corrected chi connectivity index (χ1v) is 6.91. The summed E-state index contributed by atoms with van der Waals surface area (Å²) in [5.74, 6) is -0.272. The Hall–Kier alpha value is -0.460. The van der Waals surface area contributed by atoms with Gasteiger partial charge in [-0.3, -0.25) is 0 Å². The molecule has 0 fully saturated rings. The molecule has 2 rings (SSSR count). The van der Waals surface area contributed by atoms with Gasteiger partial charge in [0.05, 0.1) is 6.04 Å². The lowest BCUT2D eigenvalue weighted by atomic mass is 9.99. The van der Waals surface area contributed by atoms with Crippen molar-refractivity contribution in [2.24, 2.45) is 5.73 Å². The van der Waals surface area contributed by atoms with Crippen LogP contribution in [0.15, 0.2) is 46.9 Å². The van der Waals surface area contributed by atoms with Crippen molar-refractivity contribution in [2.45, 2.75) is 6.04 Å². The lowest BCUT2D eigenvalue weighted by Crippen LogP contribution is -2.14. The number of hydrogen-bond acceptors (Lipinski definition) is 1. The minimum Gasteiger partial charge on any atom is -0.320 e. The molecule has 0 heterocycles. The van der Waals surface area contributed by atoms with Crippen LogP contribution in [0, 0.1) is 9.39 Å². The topological polar surface area (TPSA) is 26.0 Å². The SMILES string of the molecule is NC(c1ccccc1F)c1cc(I)ccc1Br. The fourth-order valence-corrected chi connectivity index (χ4v) is 2.66. The van der Waals surface area contributed by atoms with Crippen molar-refractivity contribution < 1.29 is 4.39 Å². The molecule has 2 aromatic carbocycles. The fraction of sp³-hybridized carbons (Fsp3) is 0.0769. The van der Waals surface area contributed by atoms with Crippen molar-refractivity contribution in [3.8, 4) is 0 Å². The van der Waals surface area contributed by atoms with E-state index in [4.69, 9.17) is 5.73 Å². The van der Waals surface area contributed by atoms with Crippen LogP contribution in [0.25, 0.3) is 0 Å². The molecular formula is C13H10BrFIN. The molecule has 0 radical (unpaired) electrons. The summed E-state index contributed by atoms with van der Waals surface area (Å²) < 4.78 is 15.6. The van der Waals surface area contributed by atoms with Gasteiger partial charge in [-0.2, -0.15) is 0 Å². The molecule has 2 aromatic rings. The van der Waals surface area contributed by atoms with E-state index in [9.17, 15) is 4.39 Å². The Morgan fingerprint density at radius 1 is 1.12 bits per heavy atom. The third-order valence-corrected chi connectivity index (χ3v) is 3.93. The normalized spacial score (nSPS) is 12.5. The first kappa shape index (κ1) is 13.0. The minimum atomic E-state index is -0.458. The number of nitrogens with two attached hydrogens (primary N) is 1. The molecule has 0 aliphatic rings. The predicted molar refractivity (Wildman–Crippen MR) is 79.3 cm³/mol. The van der Waals surface area contributed by atoms with Gasteiger partial charge in [0.15, 0.2) is 0 Å². The molecule has 17 heavy (non-hydrogen) atoms. The Morgan fingerprint density at radius 3 is 2.53 bits per heavy atom. The van der Waals surface area contributed by atoms with Crippen LogP contribution in [0.4, 0.5) is 4.39 Å². The summed E-state index contributed by atoms with van der Waals surface area (Å²) in [6.45, 7) is 0. The molecule has 4 heteroatoms. The summed E-state index contributed by atoms with van der Waals surface area (Å²) in [6.07, 6.45) is 0. The number of benzene rings is 2. The maximum Gasteiger partial charge on any atom is 0.128 e. The zero-order valence-corrected chi connectivity index (χ0v) is 12.6. The van der Waals surface area contributed by atoms with Gasteiger partial charge < -0.3 is 5.73 Å². The van der Waals surface area contributed by atoms with Crippen LogP contribution in [0.2, 0.25) is 0 Å². The molecule has 0 saturated heterocycles. The van der Waals surface area contributed by atoms with E-state index in [0.717, 1.165) is 13.6 Å². The van der Waals surface area contributed by atoms with Gasteiger partial charge in [-0.25, -0.2) is 4.39 Å². The molecule has 1 unspecified atom stereocenters. The highest BCUT2D eigenvalue weighted by atomic mass is 127. The van der Waals surface area contributed by atoms with E-state index >= 15 is 0 Å². The van der Waals surface area contributed by atoms with E-state index in [-0.39, 0.29) is 5.82 Å². The Balaban J connectivity index is 2.47. The van der Waals surface area contributed by atoms with Crippen molar-refractivity contribution in [3.63, 3.8) is 0 Å². The van der Waals surface area contributed by atoms with E-state index in [2.05, 4.69) is 38.5 Å². The highest BCUT2D eigenvalue weighted by Crippen LogP contribution is 2.29. The number of rotatable bonds is 2. The van der Waals surface area contributed by atoms with Gasteiger partial charge in [-0.15, -0.1) is 0 Å². The van der Waals surface area contributed by atoms with Crippen molar-refractivity contribution in [1.29, 1.82) is 0 Å². The molecule has 2 N–H and O–H groups in total. The summed E-state index contributed by atoms with van der Waals surface area (Å²) in [7, 11) is 0. The molecule has 0 bridgehead atoms. The molecule has 0 aromatic heterocycles. The summed E-state index contributed by atoms with van der Waals surface area (Å²) >= 11 is 5.66. The Labute approximate surface area is 121 Å². The summed E-state index contributed by atoms with van der Waals surface area (Å²) in [5, 5.41) is 0. The van der Waals surface area contributed by atoms with Crippen molar-refractivity contribution >= 4 is 38.5 Å². The first-order valence-electron chi connectivity index (χ1n) is 5.04. The van der Waals surface area contributed by atoms with E-state index < -0.39 is 6.04 Å². The Bertz CT molecular complexity index is 545. The lowest BCUT2D eigenvalue weighted by molar-refractivity contribution is 0.599. The van der Waals surface area contributed by atoms with Gasteiger partial charge in [-0.1, -0.05) is 34.1 Å². The van der Waals surface area contributed by atoms with Crippen LogP contribution < -0.4 is 5.73 Å². The molecule has 0 aliphatic carbocycles. The van der Waals surface area contributed by atoms with E-state index in [1.165, 1.54) is 6.07 Å². The summed E-state index contributed by atoms with van der Waals surface area (Å²) in [6, 6.07) is 12.0. The molecule has 0 amide bonds. The van der Waals surface area contributed by atoms with E-state index in [1.807, 2.05) is 18.2 Å². The van der Waals surface area contributed by atoms with Gasteiger partial charge >= 0.3 is 0 Å². The average Bonchev–Trinajstić information content (AvgIpc) is 2.32. The van der Waals surface area contributed by atoms with Crippen LogP contribution in [-0.2, 0) is 0 Å².